The van der Waals surface area contributed by atoms with Gasteiger partial charge in [-0.05, 0) is 0 Å². The lowest BCUT2D eigenvalue weighted by Gasteiger charge is -2.05. The summed E-state index contributed by atoms with van der Waals surface area (Å²) in [6, 6.07) is 11.8. The van der Waals surface area contributed by atoms with E-state index >= 15 is 0 Å². The van der Waals surface area contributed by atoms with Gasteiger partial charge in [0, 0.05) is 11.6 Å². The van der Waals surface area contributed by atoms with Crippen LogP contribution < -0.4 is 9.30 Å². The third kappa shape index (κ3) is 3.10. The van der Waals surface area contributed by atoms with E-state index in [4.69, 9.17) is 9.47 Å². The van der Waals surface area contributed by atoms with E-state index in [1.165, 1.54) is 19.8 Å². The first-order valence-electron chi connectivity index (χ1n) is 5.94. The summed E-state index contributed by atoms with van der Waals surface area (Å²) >= 11 is 0. The van der Waals surface area contributed by atoms with Crippen molar-refractivity contribution in [3.05, 3.63) is 59.9 Å². The normalized spacial score (nSPS) is 10.0. The van der Waals surface area contributed by atoms with E-state index in [9.17, 15) is 4.79 Å². The van der Waals surface area contributed by atoms with Gasteiger partial charge < -0.3 is 9.47 Å². The lowest BCUT2D eigenvalue weighted by molar-refractivity contribution is -0.688. The minimum Gasteiger partial charge on any atom is -0.490 e. The smallest absolute Gasteiger partial charge is 0.342 e. The Morgan fingerprint density at radius 2 is 1.89 bits per heavy atom. The SMILES string of the molecule is COC(=O)c1cc[n+](Cc2ccccc2)cc1OC. The summed E-state index contributed by atoms with van der Waals surface area (Å²) in [7, 11) is 2.89. The summed E-state index contributed by atoms with van der Waals surface area (Å²) in [5.74, 6) is 0.106. The molecule has 19 heavy (non-hydrogen) atoms. The van der Waals surface area contributed by atoms with Gasteiger partial charge in [-0.15, -0.1) is 0 Å². The number of carbonyl (C=O) groups is 1. The Balaban J connectivity index is 2.27. The molecule has 0 radical (unpaired) electrons. The van der Waals surface area contributed by atoms with Crippen LogP contribution in [0.1, 0.15) is 15.9 Å². The van der Waals surface area contributed by atoms with Crippen molar-refractivity contribution >= 4 is 5.97 Å². The molecule has 0 aliphatic carbocycles. The monoisotopic (exact) mass is 258 g/mol. The van der Waals surface area contributed by atoms with Crippen LogP contribution >= 0.6 is 0 Å². The van der Waals surface area contributed by atoms with Crippen molar-refractivity contribution in [3.63, 3.8) is 0 Å². The molecular formula is C15H16NO3+. The van der Waals surface area contributed by atoms with Crippen molar-refractivity contribution in [3.8, 4) is 5.75 Å². The molecule has 0 bridgehead atoms. The molecule has 0 N–H and O–H groups in total. The Hall–Kier alpha value is -2.36. The number of hydrogen-bond acceptors (Lipinski definition) is 3. The van der Waals surface area contributed by atoms with Gasteiger partial charge in [-0.3, -0.25) is 0 Å². The molecule has 1 heterocycles. The van der Waals surface area contributed by atoms with E-state index in [2.05, 4.69) is 0 Å². The Bertz CT molecular complexity index is 567. The van der Waals surface area contributed by atoms with Crippen LogP contribution in [0.25, 0.3) is 0 Å². The zero-order valence-electron chi connectivity index (χ0n) is 11.0. The van der Waals surface area contributed by atoms with E-state index in [1.54, 1.807) is 12.3 Å². The molecule has 1 aromatic heterocycles. The molecule has 4 nitrogen and oxygen atoms in total. The van der Waals surface area contributed by atoms with E-state index in [1.807, 2.05) is 41.1 Å². The number of nitrogens with zero attached hydrogens (tertiary/aromatic N) is 1. The van der Waals surface area contributed by atoms with Gasteiger partial charge in [0.15, 0.2) is 18.5 Å². The second-order valence-corrected chi connectivity index (χ2v) is 4.08. The summed E-state index contributed by atoms with van der Waals surface area (Å²) in [5.41, 5.74) is 1.61. The van der Waals surface area contributed by atoms with E-state index in [-0.39, 0.29) is 0 Å². The van der Waals surface area contributed by atoms with Gasteiger partial charge in [-0.25, -0.2) is 4.79 Å². The van der Waals surface area contributed by atoms with E-state index in [0.29, 0.717) is 11.3 Å². The molecule has 1 aromatic carbocycles. The molecule has 2 rings (SSSR count). The zero-order valence-corrected chi connectivity index (χ0v) is 11.0. The minimum atomic E-state index is -0.399. The van der Waals surface area contributed by atoms with Crippen LogP contribution in [-0.4, -0.2) is 20.2 Å². The highest BCUT2D eigenvalue weighted by atomic mass is 16.5. The van der Waals surface area contributed by atoms with Crippen LogP contribution in [0.4, 0.5) is 0 Å². The first-order chi connectivity index (χ1) is 9.24. The summed E-state index contributed by atoms with van der Waals surface area (Å²) < 4.78 is 11.9. The zero-order chi connectivity index (χ0) is 13.7. The van der Waals surface area contributed by atoms with Crippen molar-refractivity contribution in [2.75, 3.05) is 14.2 Å². The molecule has 98 valence electrons. The summed E-state index contributed by atoms with van der Waals surface area (Å²) in [6.07, 6.45) is 3.63. The first kappa shape index (κ1) is 13.1. The van der Waals surface area contributed by atoms with Crippen LogP contribution in [0.2, 0.25) is 0 Å². The molecule has 4 heteroatoms. The number of ether oxygens (including phenoxy) is 2. The summed E-state index contributed by atoms with van der Waals surface area (Å²) in [6.45, 7) is 0.721. The predicted molar refractivity (Wildman–Crippen MR) is 70.1 cm³/mol. The molecule has 0 spiro atoms. The van der Waals surface area contributed by atoms with Gasteiger partial charge in [0.05, 0.1) is 14.2 Å². The van der Waals surface area contributed by atoms with Crippen molar-refractivity contribution < 1.29 is 18.8 Å². The summed E-state index contributed by atoms with van der Waals surface area (Å²) in [5, 5.41) is 0. The third-order valence-electron chi connectivity index (χ3n) is 2.81. The Morgan fingerprint density at radius 3 is 2.53 bits per heavy atom. The van der Waals surface area contributed by atoms with Crippen molar-refractivity contribution in [1.82, 2.24) is 0 Å². The van der Waals surface area contributed by atoms with Crippen molar-refractivity contribution in [2.24, 2.45) is 0 Å². The molecule has 0 saturated heterocycles. The average Bonchev–Trinajstić information content (AvgIpc) is 2.47. The van der Waals surface area contributed by atoms with Crippen LogP contribution in [0.15, 0.2) is 48.8 Å². The highest BCUT2D eigenvalue weighted by Crippen LogP contribution is 2.16. The van der Waals surface area contributed by atoms with Crippen LogP contribution in [0, 0.1) is 0 Å². The number of esters is 1. The number of aromatic nitrogens is 1. The van der Waals surface area contributed by atoms with Gasteiger partial charge in [-0.1, -0.05) is 30.3 Å². The largest absolute Gasteiger partial charge is 0.490 e. The van der Waals surface area contributed by atoms with Gasteiger partial charge in [0.2, 0.25) is 6.20 Å². The van der Waals surface area contributed by atoms with Gasteiger partial charge in [0.25, 0.3) is 0 Å². The molecule has 0 fully saturated rings. The Morgan fingerprint density at radius 1 is 1.16 bits per heavy atom. The number of benzene rings is 1. The molecule has 0 amide bonds. The third-order valence-corrected chi connectivity index (χ3v) is 2.81. The number of pyridine rings is 1. The standard InChI is InChI=1S/C15H16NO3/c1-18-14-11-16(9-8-13(14)15(17)19-2)10-12-6-4-3-5-7-12/h3-9,11H,10H2,1-2H3/q+1. The van der Waals surface area contributed by atoms with Crippen LogP contribution in [-0.2, 0) is 11.3 Å². The Kier molecular flexibility index (Phi) is 4.13. The fourth-order valence-corrected chi connectivity index (χ4v) is 1.85. The molecule has 2 aromatic rings. The Labute approximate surface area is 112 Å². The molecule has 0 unspecified atom stereocenters. The van der Waals surface area contributed by atoms with Gasteiger partial charge in [0.1, 0.15) is 5.56 Å². The van der Waals surface area contributed by atoms with Crippen LogP contribution in [0.3, 0.4) is 0 Å². The van der Waals surface area contributed by atoms with Gasteiger partial charge in [-0.2, -0.15) is 4.57 Å². The maximum atomic E-state index is 11.6. The predicted octanol–water partition coefficient (Wildman–Crippen LogP) is 1.82. The number of hydrogen-bond donors (Lipinski definition) is 0. The van der Waals surface area contributed by atoms with Crippen LogP contribution in [0.5, 0.6) is 5.75 Å². The highest BCUT2D eigenvalue weighted by Gasteiger charge is 2.17. The van der Waals surface area contributed by atoms with E-state index in [0.717, 1.165) is 6.54 Å². The van der Waals surface area contributed by atoms with Crippen molar-refractivity contribution in [1.29, 1.82) is 0 Å². The fourth-order valence-electron chi connectivity index (χ4n) is 1.85. The molecule has 0 saturated carbocycles. The highest BCUT2D eigenvalue weighted by molar-refractivity contribution is 5.91. The maximum absolute atomic E-state index is 11.6. The quantitative estimate of drug-likeness (QED) is 0.620. The number of carbonyl (C=O) groups excluding carboxylic acids is 1. The molecule has 0 aliphatic heterocycles. The van der Waals surface area contributed by atoms with Crippen molar-refractivity contribution in [2.45, 2.75) is 6.54 Å². The second kappa shape index (κ2) is 6.00. The van der Waals surface area contributed by atoms with Gasteiger partial charge >= 0.3 is 5.97 Å². The number of rotatable bonds is 4. The fraction of sp³-hybridized carbons (Fsp3) is 0.200. The number of methoxy groups -OCH3 is 2. The second-order valence-electron chi connectivity index (χ2n) is 4.08. The average molecular weight is 258 g/mol. The van der Waals surface area contributed by atoms with E-state index < -0.39 is 5.97 Å². The topological polar surface area (TPSA) is 39.4 Å². The first-order valence-corrected chi connectivity index (χ1v) is 5.94. The lowest BCUT2D eigenvalue weighted by atomic mass is 10.2. The summed E-state index contributed by atoms with van der Waals surface area (Å²) in [4.78, 5) is 11.6. The molecular weight excluding hydrogens is 242 g/mol. The maximum Gasteiger partial charge on any atom is 0.342 e. The minimum absolute atomic E-state index is 0.399. The molecule has 0 atom stereocenters. The molecule has 0 aliphatic rings. The lowest BCUT2D eigenvalue weighted by Crippen LogP contribution is -2.34.